The molecule has 2 N–H and O–H groups in total. The Hall–Kier alpha value is -2.18. The van der Waals surface area contributed by atoms with Crippen LogP contribution in [0, 0.1) is 5.41 Å². The summed E-state index contributed by atoms with van der Waals surface area (Å²) in [5, 5.41) is 17.3. The second-order valence-corrected chi connectivity index (χ2v) is 7.73. The SMILES string of the molecule is Cn1ccc(NC(=O)CN2[C@@H]3CC[C@H]2[C@](CO)(Cc2ccccc2)C3)n1. The molecule has 2 aromatic rings. The topological polar surface area (TPSA) is 70.4 Å². The van der Waals surface area contributed by atoms with Crippen LogP contribution in [-0.2, 0) is 18.3 Å². The lowest BCUT2D eigenvalue weighted by Gasteiger charge is -2.36. The molecule has 0 radical (unpaired) electrons. The van der Waals surface area contributed by atoms with E-state index >= 15 is 0 Å². The van der Waals surface area contributed by atoms with Gasteiger partial charge in [-0.25, -0.2) is 0 Å². The summed E-state index contributed by atoms with van der Waals surface area (Å²) in [6.07, 6.45) is 5.79. The van der Waals surface area contributed by atoms with Crippen molar-refractivity contribution in [2.75, 3.05) is 18.5 Å². The van der Waals surface area contributed by atoms with Crippen molar-refractivity contribution in [3.8, 4) is 0 Å². The smallest absolute Gasteiger partial charge is 0.239 e. The zero-order chi connectivity index (χ0) is 18.1. The minimum Gasteiger partial charge on any atom is -0.396 e. The molecule has 0 spiro atoms. The third-order valence-electron chi connectivity index (χ3n) is 6.01. The Labute approximate surface area is 153 Å². The van der Waals surface area contributed by atoms with Gasteiger partial charge in [-0.1, -0.05) is 30.3 Å². The predicted molar refractivity (Wildman–Crippen MR) is 99.6 cm³/mol. The monoisotopic (exact) mass is 354 g/mol. The lowest BCUT2D eigenvalue weighted by atomic mass is 9.70. The van der Waals surface area contributed by atoms with E-state index in [1.54, 1.807) is 10.7 Å². The first-order chi connectivity index (χ1) is 12.6. The van der Waals surface area contributed by atoms with Gasteiger partial charge in [0.2, 0.25) is 5.91 Å². The highest BCUT2D eigenvalue weighted by atomic mass is 16.3. The number of aliphatic hydroxyl groups is 1. The number of hydrogen-bond acceptors (Lipinski definition) is 4. The van der Waals surface area contributed by atoms with Crippen LogP contribution in [0.4, 0.5) is 5.82 Å². The fourth-order valence-corrected chi connectivity index (χ4v) is 4.91. The second-order valence-electron chi connectivity index (χ2n) is 7.73. The minimum atomic E-state index is -0.143. The van der Waals surface area contributed by atoms with E-state index in [1.165, 1.54) is 5.56 Å². The summed E-state index contributed by atoms with van der Waals surface area (Å²) in [5.74, 6) is 0.552. The quantitative estimate of drug-likeness (QED) is 0.830. The van der Waals surface area contributed by atoms with Gasteiger partial charge in [0.15, 0.2) is 5.82 Å². The molecule has 2 aliphatic heterocycles. The molecule has 6 nitrogen and oxygen atoms in total. The number of carbonyl (C=O) groups is 1. The molecular formula is C20H26N4O2. The van der Waals surface area contributed by atoms with Crippen LogP contribution in [0.2, 0.25) is 0 Å². The largest absolute Gasteiger partial charge is 0.396 e. The van der Waals surface area contributed by atoms with Crippen molar-refractivity contribution in [1.82, 2.24) is 14.7 Å². The average Bonchev–Trinajstić information content (AvgIpc) is 3.30. The Morgan fingerprint density at radius 3 is 2.81 bits per heavy atom. The lowest BCUT2D eigenvalue weighted by Crippen LogP contribution is -2.44. The summed E-state index contributed by atoms with van der Waals surface area (Å²) in [7, 11) is 1.83. The van der Waals surface area contributed by atoms with Crippen molar-refractivity contribution in [2.24, 2.45) is 12.5 Å². The molecule has 3 atom stereocenters. The van der Waals surface area contributed by atoms with Crippen LogP contribution < -0.4 is 5.32 Å². The van der Waals surface area contributed by atoms with E-state index in [4.69, 9.17) is 0 Å². The third kappa shape index (κ3) is 3.15. The molecule has 26 heavy (non-hydrogen) atoms. The number of rotatable bonds is 6. The van der Waals surface area contributed by atoms with Gasteiger partial charge in [-0.2, -0.15) is 5.10 Å². The Balaban J connectivity index is 1.46. The van der Waals surface area contributed by atoms with Gasteiger partial charge in [0.1, 0.15) is 0 Å². The highest BCUT2D eigenvalue weighted by molar-refractivity contribution is 5.91. The molecule has 4 rings (SSSR count). The maximum absolute atomic E-state index is 12.5. The number of hydrogen-bond donors (Lipinski definition) is 2. The fraction of sp³-hybridized carbons (Fsp3) is 0.500. The van der Waals surface area contributed by atoms with Gasteiger partial charge in [-0.3, -0.25) is 14.4 Å². The van der Waals surface area contributed by atoms with E-state index < -0.39 is 0 Å². The van der Waals surface area contributed by atoms with E-state index in [0.29, 0.717) is 18.4 Å². The van der Waals surface area contributed by atoms with E-state index in [1.807, 2.05) is 31.4 Å². The van der Waals surface area contributed by atoms with E-state index in [9.17, 15) is 9.90 Å². The Bertz CT molecular complexity index is 775. The Kier molecular flexibility index (Phi) is 4.54. The zero-order valence-corrected chi connectivity index (χ0v) is 15.1. The van der Waals surface area contributed by atoms with Crippen molar-refractivity contribution in [3.05, 3.63) is 48.2 Å². The van der Waals surface area contributed by atoms with Crippen LogP contribution in [0.1, 0.15) is 24.8 Å². The second kappa shape index (κ2) is 6.85. The van der Waals surface area contributed by atoms with Gasteiger partial charge < -0.3 is 10.4 Å². The highest BCUT2D eigenvalue weighted by Crippen LogP contribution is 2.51. The first kappa shape index (κ1) is 17.2. The van der Waals surface area contributed by atoms with Crippen LogP contribution in [0.5, 0.6) is 0 Å². The number of aliphatic hydroxyl groups excluding tert-OH is 1. The molecule has 2 bridgehead atoms. The lowest BCUT2D eigenvalue weighted by molar-refractivity contribution is -0.117. The first-order valence-electron chi connectivity index (χ1n) is 9.30. The first-order valence-corrected chi connectivity index (χ1v) is 9.30. The van der Waals surface area contributed by atoms with Gasteiger partial charge in [0.05, 0.1) is 13.2 Å². The molecule has 1 aromatic heterocycles. The number of nitrogens with one attached hydrogen (secondary N) is 1. The summed E-state index contributed by atoms with van der Waals surface area (Å²) in [4.78, 5) is 14.8. The van der Waals surface area contributed by atoms with Gasteiger partial charge in [0.25, 0.3) is 0 Å². The van der Waals surface area contributed by atoms with Crippen molar-refractivity contribution < 1.29 is 9.90 Å². The highest BCUT2D eigenvalue weighted by Gasteiger charge is 2.55. The van der Waals surface area contributed by atoms with Crippen LogP contribution in [0.3, 0.4) is 0 Å². The van der Waals surface area contributed by atoms with Crippen molar-refractivity contribution in [1.29, 1.82) is 0 Å². The van der Waals surface area contributed by atoms with Crippen molar-refractivity contribution in [3.63, 3.8) is 0 Å². The summed E-state index contributed by atoms with van der Waals surface area (Å²) >= 11 is 0. The van der Waals surface area contributed by atoms with Gasteiger partial charge >= 0.3 is 0 Å². The molecule has 1 aromatic carbocycles. The number of benzene rings is 1. The molecule has 0 aliphatic carbocycles. The fourth-order valence-electron chi connectivity index (χ4n) is 4.91. The summed E-state index contributed by atoms with van der Waals surface area (Å²) < 4.78 is 1.67. The maximum atomic E-state index is 12.5. The number of aromatic nitrogens is 2. The number of anilines is 1. The number of fused-ring (bicyclic) bond motifs is 2. The zero-order valence-electron chi connectivity index (χ0n) is 15.1. The standard InChI is InChI=1S/C20H26N4O2/c1-23-10-9-18(22-23)21-19(26)13-24-16-7-8-17(24)20(12-16,14-25)11-15-5-3-2-4-6-15/h2-6,9-10,16-17,25H,7-8,11-14H2,1H3,(H,21,22,26)/t16-,17+,20-/m1/s1. The molecule has 2 fully saturated rings. The van der Waals surface area contributed by atoms with Gasteiger partial charge in [-0.15, -0.1) is 0 Å². The molecule has 6 heteroatoms. The molecule has 3 heterocycles. The van der Waals surface area contributed by atoms with E-state index in [2.05, 4.69) is 27.4 Å². The number of aryl methyl sites for hydroxylation is 1. The van der Waals surface area contributed by atoms with E-state index in [-0.39, 0.29) is 24.0 Å². The summed E-state index contributed by atoms with van der Waals surface area (Å²) in [5.41, 5.74) is 1.11. The molecule has 0 unspecified atom stereocenters. The molecular weight excluding hydrogens is 328 g/mol. The van der Waals surface area contributed by atoms with Crippen LogP contribution in [-0.4, -0.2) is 50.9 Å². The van der Waals surface area contributed by atoms with Crippen LogP contribution in [0.15, 0.2) is 42.6 Å². The van der Waals surface area contributed by atoms with Crippen molar-refractivity contribution in [2.45, 2.75) is 37.8 Å². The molecule has 0 saturated carbocycles. The molecule has 2 aliphatic rings. The number of carbonyl (C=O) groups excluding carboxylic acids is 1. The van der Waals surface area contributed by atoms with Crippen LogP contribution >= 0.6 is 0 Å². The molecule has 1 amide bonds. The normalized spacial score (nSPS) is 27.8. The Morgan fingerprint density at radius 1 is 1.31 bits per heavy atom. The van der Waals surface area contributed by atoms with Gasteiger partial charge in [-0.05, 0) is 31.2 Å². The predicted octanol–water partition coefficient (Wildman–Crippen LogP) is 1.82. The van der Waals surface area contributed by atoms with Gasteiger partial charge in [0, 0.05) is 36.8 Å². The minimum absolute atomic E-state index is 0.0333. The number of nitrogens with zero attached hydrogens (tertiary/aromatic N) is 3. The number of amides is 1. The van der Waals surface area contributed by atoms with E-state index in [0.717, 1.165) is 25.7 Å². The third-order valence-corrected chi connectivity index (χ3v) is 6.01. The summed E-state index contributed by atoms with van der Waals surface area (Å²) in [6, 6.07) is 12.8. The average molecular weight is 354 g/mol. The molecule has 2 saturated heterocycles. The van der Waals surface area contributed by atoms with Crippen LogP contribution in [0.25, 0.3) is 0 Å². The van der Waals surface area contributed by atoms with Crippen molar-refractivity contribution >= 4 is 11.7 Å². The Morgan fingerprint density at radius 2 is 2.12 bits per heavy atom. The maximum Gasteiger partial charge on any atom is 0.239 e. The molecule has 138 valence electrons. The summed E-state index contributed by atoms with van der Waals surface area (Å²) in [6.45, 7) is 0.532.